The molecule has 0 bridgehead atoms. The quantitative estimate of drug-likeness (QED) is 0.629. The summed E-state index contributed by atoms with van der Waals surface area (Å²) >= 11 is 0. The Hall–Kier alpha value is -1.19. The largest absolute Gasteiger partial charge is 0.373 e. The fourth-order valence-electron chi connectivity index (χ4n) is 0.668. The second-order valence-electron chi connectivity index (χ2n) is 2.28. The van der Waals surface area contributed by atoms with Gasteiger partial charge in [0.25, 0.3) is 0 Å². The molecule has 0 saturated carbocycles. The molecule has 10 heavy (non-hydrogen) atoms. The van der Waals surface area contributed by atoms with Gasteiger partial charge in [-0.05, 0) is 0 Å². The van der Waals surface area contributed by atoms with Crippen LogP contribution in [0.15, 0.2) is 6.07 Å². The zero-order valence-electron chi connectivity index (χ0n) is 6.47. The Kier molecular flexibility index (Phi) is 1.80. The van der Waals surface area contributed by atoms with E-state index >= 15 is 0 Å². The van der Waals surface area contributed by atoms with Crippen LogP contribution in [0.25, 0.3) is 0 Å². The topological polar surface area (TPSA) is 44.0 Å². The van der Waals surface area contributed by atoms with Crippen molar-refractivity contribution in [3.8, 4) is 0 Å². The van der Waals surface area contributed by atoms with Gasteiger partial charge in [-0.25, -0.2) is 0 Å². The lowest BCUT2D eigenvalue weighted by Crippen LogP contribution is -2.08. The van der Waals surface area contributed by atoms with Crippen molar-refractivity contribution in [2.24, 2.45) is 0 Å². The molecule has 0 unspecified atom stereocenters. The molecule has 0 aliphatic heterocycles. The highest BCUT2D eigenvalue weighted by molar-refractivity contribution is 5.47. The fraction of sp³-hybridized carbons (Fsp3) is 0.500. The van der Waals surface area contributed by atoms with E-state index in [0.717, 1.165) is 11.6 Å². The van der Waals surface area contributed by atoms with Crippen LogP contribution in [0.5, 0.6) is 0 Å². The summed E-state index contributed by atoms with van der Waals surface area (Å²) in [6, 6.07) is 1.94. The summed E-state index contributed by atoms with van der Waals surface area (Å²) in [6.45, 7) is 0. The Morgan fingerprint density at radius 3 is 2.60 bits per heavy atom. The van der Waals surface area contributed by atoms with Crippen LogP contribution in [0.4, 0.5) is 11.6 Å². The van der Waals surface area contributed by atoms with E-state index < -0.39 is 0 Å². The fourth-order valence-corrected chi connectivity index (χ4v) is 0.668. The molecule has 0 aliphatic carbocycles. The molecule has 4 heteroatoms. The van der Waals surface area contributed by atoms with Crippen molar-refractivity contribution in [3.63, 3.8) is 0 Å². The lowest BCUT2D eigenvalue weighted by Gasteiger charge is -2.04. The number of nitrogens with zero attached hydrogens (tertiary/aromatic N) is 2. The van der Waals surface area contributed by atoms with Gasteiger partial charge < -0.3 is 10.2 Å². The number of anilines is 2. The minimum atomic E-state index is 0.934. The van der Waals surface area contributed by atoms with E-state index in [1.165, 1.54) is 0 Å². The molecular formula is C6H12N4. The summed E-state index contributed by atoms with van der Waals surface area (Å²) in [4.78, 5) is 1.94. The number of hydrogen-bond acceptors (Lipinski definition) is 3. The summed E-state index contributed by atoms with van der Waals surface area (Å²) in [5.74, 6) is 1.87. The van der Waals surface area contributed by atoms with Crippen molar-refractivity contribution >= 4 is 11.6 Å². The minimum absolute atomic E-state index is 0.934. The van der Waals surface area contributed by atoms with Gasteiger partial charge in [-0.2, -0.15) is 5.10 Å². The number of H-pyrrole nitrogens is 1. The molecule has 1 rings (SSSR count). The lowest BCUT2D eigenvalue weighted by atomic mass is 10.5. The number of rotatable bonds is 2. The summed E-state index contributed by atoms with van der Waals surface area (Å²) < 4.78 is 0. The molecule has 1 heterocycles. The second kappa shape index (κ2) is 2.60. The first-order valence-corrected chi connectivity index (χ1v) is 3.14. The molecule has 0 radical (unpaired) electrons. The number of nitrogens with one attached hydrogen (secondary N) is 2. The van der Waals surface area contributed by atoms with Gasteiger partial charge >= 0.3 is 0 Å². The van der Waals surface area contributed by atoms with Gasteiger partial charge in [0.05, 0.1) is 0 Å². The molecule has 2 N–H and O–H groups in total. The van der Waals surface area contributed by atoms with Crippen LogP contribution >= 0.6 is 0 Å². The maximum atomic E-state index is 4.02. The predicted octanol–water partition coefficient (Wildman–Crippen LogP) is 0.517. The van der Waals surface area contributed by atoms with Crippen LogP contribution in [-0.4, -0.2) is 31.3 Å². The SMILES string of the molecule is CNc1cc(N(C)C)n[nH]1. The van der Waals surface area contributed by atoms with Crippen LogP contribution in [0.1, 0.15) is 0 Å². The van der Waals surface area contributed by atoms with E-state index in [0.29, 0.717) is 0 Å². The Balaban J connectivity index is 2.78. The average molecular weight is 140 g/mol. The van der Waals surface area contributed by atoms with E-state index in [1.807, 2.05) is 32.1 Å². The van der Waals surface area contributed by atoms with Gasteiger partial charge in [0, 0.05) is 27.2 Å². The molecule has 1 aromatic rings. The highest BCUT2D eigenvalue weighted by atomic mass is 15.3. The van der Waals surface area contributed by atoms with Gasteiger partial charge in [0.1, 0.15) is 5.82 Å². The third-order valence-electron chi connectivity index (χ3n) is 1.29. The van der Waals surface area contributed by atoms with Crippen molar-refractivity contribution in [1.29, 1.82) is 0 Å². The van der Waals surface area contributed by atoms with Gasteiger partial charge in [-0.15, -0.1) is 0 Å². The van der Waals surface area contributed by atoms with Gasteiger partial charge in [0.15, 0.2) is 5.82 Å². The molecule has 56 valence electrons. The zero-order chi connectivity index (χ0) is 7.56. The Bertz CT molecular complexity index is 203. The maximum Gasteiger partial charge on any atom is 0.152 e. The molecule has 1 aromatic heterocycles. The monoisotopic (exact) mass is 140 g/mol. The molecule has 0 fully saturated rings. The summed E-state index contributed by atoms with van der Waals surface area (Å²) in [6.07, 6.45) is 0. The molecular weight excluding hydrogens is 128 g/mol. The van der Waals surface area contributed by atoms with Crippen molar-refractivity contribution in [3.05, 3.63) is 6.07 Å². The highest BCUT2D eigenvalue weighted by Crippen LogP contribution is 2.10. The van der Waals surface area contributed by atoms with Gasteiger partial charge in [0.2, 0.25) is 0 Å². The van der Waals surface area contributed by atoms with E-state index in [1.54, 1.807) is 0 Å². The van der Waals surface area contributed by atoms with Crippen LogP contribution < -0.4 is 10.2 Å². The summed E-state index contributed by atoms with van der Waals surface area (Å²) in [7, 11) is 5.76. The highest BCUT2D eigenvalue weighted by Gasteiger charge is 1.98. The molecule has 0 atom stereocenters. The molecule has 0 aromatic carbocycles. The van der Waals surface area contributed by atoms with Crippen molar-refractivity contribution in [2.45, 2.75) is 0 Å². The first-order chi connectivity index (χ1) is 4.74. The smallest absolute Gasteiger partial charge is 0.152 e. The average Bonchev–Trinajstić information content (AvgIpc) is 2.34. The first kappa shape index (κ1) is 6.92. The zero-order valence-corrected chi connectivity index (χ0v) is 6.47. The lowest BCUT2D eigenvalue weighted by molar-refractivity contribution is 1.01. The molecule has 4 nitrogen and oxygen atoms in total. The van der Waals surface area contributed by atoms with E-state index in [2.05, 4.69) is 15.5 Å². The third-order valence-corrected chi connectivity index (χ3v) is 1.29. The van der Waals surface area contributed by atoms with Crippen LogP contribution in [0, 0.1) is 0 Å². The summed E-state index contributed by atoms with van der Waals surface area (Å²) in [5.41, 5.74) is 0. The number of aromatic amines is 1. The first-order valence-electron chi connectivity index (χ1n) is 3.14. The Morgan fingerprint density at radius 2 is 2.30 bits per heavy atom. The molecule has 0 amide bonds. The van der Waals surface area contributed by atoms with Crippen molar-refractivity contribution < 1.29 is 0 Å². The number of hydrogen-bond donors (Lipinski definition) is 2. The maximum absolute atomic E-state index is 4.02. The van der Waals surface area contributed by atoms with Crippen LogP contribution in [-0.2, 0) is 0 Å². The number of aromatic nitrogens is 2. The van der Waals surface area contributed by atoms with E-state index in [9.17, 15) is 0 Å². The standard InChI is InChI=1S/C6H12N4/c1-7-5-4-6(9-8-5)10(2)3/h4H,1-3H3,(H2,7,8,9). The van der Waals surface area contributed by atoms with Gasteiger partial charge in [-0.3, -0.25) is 5.10 Å². The Labute approximate surface area is 60.2 Å². The minimum Gasteiger partial charge on any atom is -0.373 e. The Morgan fingerprint density at radius 1 is 1.60 bits per heavy atom. The molecule has 0 aliphatic rings. The second-order valence-corrected chi connectivity index (χ2v) is 2.28. The van der Waals surface area contributed by atoms with Crippen molar-refractivity contribution in [1.82, 2.24) is 10.2 Å². The van der Waals surface area contributed by atoms with Gasteiger partial charge in [-0.1, -0.05) is 0 Å². The predicted molar refractivity (Wildman–Crippen MR) is 42.5 cm³/mol. The normalized spacial score (nSPS) is 9.50. The van der Waals surface area contributed by atoms with Crippen LogP contribution in [0.3, 0.4) is 0 Å². The summed E-state index contributed by atoms with van der Waals surface area (Å²) in [5, 5.41) is 9.82. The molecule has 0 spiro atoms. The van der Waals surface area contributed by atoms with Crippen molar-refractivity contribution in [2.75, 3.05) is 31.4 Å². The van der Waals surface area contributed by atoms with E-state index in [4.69, 9.17) is 0 Å². The molecule has 0 saturated heterocycles. The van der Waals surface area contributed by atoms with E-state index in [-0.39, 0.29) is 0 Å². The van der Waals surface area contributed by atoms with Crippen LogP contribution in [0.2, 0.25) is 0 Å². The third kappa shape index (κ3) is 1.21.